The van der Waals surface area contributed by atoms with E-state index in [4.69, 9.17) is 9.47 Å². The fraction of sp³-hybridized carbons (Fsp3) is 0.811. The Morgan fingerprint density at radius 2 is 1.65 bits per heavy atom. The standard InChI is InChI=1S/C53H77FO8/c1-31(2)10-9-11-32(3)39-16-17-40-38-14-12-34-28-37(21-23-48(34,5)41(38)22-24-49(39,40)6)62-47(59)19-18-46(58)61-30-45(57)53(60)33(4)26-43-42-15-13-35-27-36(55)20-25-50(35,7)52(42,54)44(56)29-51(43,53)8/h12,20,25,27,31-33,37-44,56,60H,9-11,13-19,21-24,26,28-30H2,1-8H3/t32-,33-,37+,38+,39-,40+,41+,42+,43+,44+,48+,49-,50+,51+,52+,53+/m1/s1. The maximum Gasteiger partial charge on any atom is 0.306 e. The van der Waals surface area contributed by atoms with Gasteiger partial charge in [-0.2, -0.15) is 0 Å². The third kappa shape index (κ3) is 6.99. The van der Waals surface area contributed by atoms with Crippen molar-refractivity contribution in [3.05, 3.63) is 35.5 Å². The summed E-state index contributed by atoms with van der Waals surface area (Å²) in [5.41, 5.74) is -3.69. The van der Waals surface area contributed by atoms with Gasteiger partial charge in [0.2, 0.25) is 5.78 Å². The van der Waals surface area contributed by atoms with E-state index in [-0.39, 0.29) is 36.6 Å². The number of ketones is 2. The number of hydrogen-bond donors (Lipinski definition) is 2. The molecule has 0 bridgehead atoms. The van der Waals surface area contributed by atoms with E-state index in [1.165, 1.54) is 62.7 Å². The number of allylic oxidation sites excluding steroid dienone is 5. The van der Waals surface area contributed by atoms with Gasteiger partial charge in [0.05, 0.1) is 18.9 Å². The van der Waals surface area contributed by atoms with Crippen LogP contribution in [0.2, 0.25) is 0 Å². The molecule has 62 heavy (non-hydrogen) atoms. The van der Waals surface area contributed by atoms with E-state index in [1.807, 2.05) is 0 Å². The Labute approximate surface area is 370 Å². The fourth-order valence-electron chi connectivity index (χ4n) is 16.7. The predicted molar refractivity (Wildman–Crippen MR) is 236 cm³/mol. The molecule has 0 radical (unpaired) electrons. The van der Waals surface area contributed by atoms with Crippen LogP contribution < -0.4 is 0 Å². The lowest BCUT2D eigenvalue weighted by Crippen LogP contribution is -2.69. The van der Waals surface area contributed by atoms with Crippen molar-refractivity contribution in [3.8, 4) is 0 Å². The largest absolute Gasteiger partial charge is 0.462 e. The lowest BCUT2D eigenvalue weighted by Gasteiger charge is -2.62. The molecule has 8 rings (SSSR count). The molecule has 8 aliphatic carbocycles. The first kappa shape index (κ1) is 45.9. The third-order valence-electron chi connectivity index (χ3n) is 20.1. The highest BCUT2D eigenvalue weighted by Gasteiger charge is 2.75. The highest BCUT2D eigenvalue weighted by Crippen LogP contribution is 2.71. The van der Waals surface area contributed by atoms with Crippen molar-refractivity contribution in [1.82, 2.24) is 0 Å². The number of carbonyl (C=O) groups excluding carboxylic acids is 4. The Balaban J connectivity index is 0.825. The van der Waals surface area contributed by atoms with Crippen molar-refractivity contribution in [1.29, 1.82) is 0 Å². The van der Waals surface area contributed by atoms with Gasteiger partial charge in [-0.15, -0.1) is 0 Å². The van der Waals surface area contributed by atoms with Crippen LogP contribution in [0.25, 0.3) is 0 Å². The van der Waals surface area contributed by atoms with E-state index >= 15 is 4.39 Å². The van der Waals surface area contributed by atoms with Gasteiger partial charge in [-0.25, -0.2) is 4.39 Å². The van der Waals surface area contributed by atoms with Gasteiger partial charge in [-0.05, 0) is 148 Å². The maximum absolute atomic E-state index is 17.5. The van der Waals surface area contributed by atoms with Crippen LogP contribution in [-0.4, -0.2) is 63.8 Å². The number of rotatable bonds is 12. The number of halogens is 1. The minimum atomic E-state index is -2.08. The first-order valence-corrected chi connectivity index (χ1v) is 24.7. The number of hydrogen-bond acceptors (Lipinski definition) is 8. The van der Waals surface area contributed by atoms with Crippen LogP contribution in [0.3, 0.4) is 0 Å². The first-order valence-electron chi connectivity index (χ1n) is 24.7. The number of aliphatic hydroxyl groups is 2. The number of esters is 2. The molecule has 0 heterocycles. The fourth-order valence-corrected chi connectivity index (χ4v) is 16.7. The molecule has 0 saturated heterocycles. The molecule has 9 heteroatoms. The van der Waals surface area contributed by atoms with Crippen LogP contribution in [-0.2, 0) is 28.7 Å². The van der Waals surface area contributed by atoms with Crippen molar-refractivity contribution in [3.63, 3.8) is 0 Å². The number of Topliss-reactive ketones (excluding diaryl/α,β-unsaturated/α-hetero) is 1. The third-order valence-corrected chi connectivity index (χ3v) is 20.1. The molecule has 6 fully saturated rings. The monoisotopic (exact) mass is 861 g/mol. The molecule has 2 N–H and O–H groups in total. The zero-order chi connectivity index (χ0) is 44.8. The van der Waals surface area contributed by atoms with Gasteiger partial charge < -0.3 is 19.7 Å². The molecular formula is C53H77FO8. The average molecular weight is 861 g/mol. The Hall–Kier alpha value is -2.65. The molecular weight excluding hydrogens is 784 g/mol. The van der Waals surface area contributed by atoms with E-state index in [9.17, 15) is 29.4 Å². The Morgan fingerprint density at radius 1 is 0.903 bits per heavy atom. The van der Waals surface area contributed by atoms with Crippen molar-refractivity contribution < 1.29 is 43.3 Å². The summed E-state index contributed by atoms with van der Waals surface area (Å²) in [5, 5.41) is 23.9. The summed E-state index contributed by atoms with van der Waals surface area (Å²) >= 11 is 0. The van der Waals surface area contributed by atoms with Crippen LogP contribution in [0, 0.1) is 74.9 Å². The second-order valence-electron chi connectivity index (χ2n) is 23.4. The van der Waals surface area contributed by atoms with Crippen LogP contribution in [0.1, 0.15) is 165 Å². The summed E-state index contributed by atoms with van der Waals surface area (Å²) in [5.74, 6) is 0.889. The number of aliphatic hydroxyl groups excluding tert-OH is 1. The Kier molecular flexibility index (Phi) is 12.1. The quantitative estimate of drug-likeness (QED) is 0.147. The molecule has 344 valence electrons. The second kappa shape index (κ2) is 16.3. The highest BCUT2D eigenvalue weighted by atomic mass is 19.1. The van der Waals surface area contributed by atoms with E-state index in [0.29, 0.717) is 36.2 Å². The van der Waals surface area contributed by atoms with Gasteiger partial charge in [0.15, 0.2) is 18.1 Å². The SMILES string of the molecule is CC(C)CCC[C@@H](C)[C@H]1CC[C@H]2[C@@H]3CC=C4C[C@@H](OC(=O)CCC(=O)OCC(=O)[C@@]5(O)[C@H](C)C[C@H]6[C@@H]7CCC8=CC(=O)C=C[C@]8(C)[C@@]7(F)[C@@H](O)C[C@@]65C)CC[C@]4(C)[C@H]3CC[C@]12C. The predicted octanol–water partition coefficient (Wildman–Crippen LogP) is 10.2. The molecule has 6 saturated carbocycles. The van der Waals surface area contributed by atoms with Gasteiger partial charge in [0, 0.05) is 23.2 Å². The van der Waals surface area contributed by atoms with Gasteiger partial charge in [0.1, 0.15) is 11.7 Å². The summed E-state index contributed by atoms with van der Waals surface area (Å²) in [6.45, 7) is 16.9. The molecule has 0 spiro atoms. The minimum Gasteiger partial charge on any atom is -0.462 e. The first-order chi connectivity index (χ1) is 29.1. The summed E-state index contributed by atoms with van der Waals surface area (Å²) in [7, 11) is 0. The van der Waals surface area contributed by atoms with Crippen LogP contribution in [0.15, 0.2) is 35.5 Å². The average Bonchev–Trinajstić information content (AvgIpc) is 3.67. The van der Waals surface area contributed by atoms with Crippen LogP contribution in [0.5, 0.6) is 0 Å². The zero-order valence-corrected chi connectivity index (χ0v) is 39.1. The van der Waals surface area contributed by atoms with Crippen molar-refractivity contribution in [2.45, 2.75) is 188 Å². The van der Waals surface area contributed by atoms with E-state index in [0.717, 1.165) is 55.3 Å². The van der Waals surface area contributed by atoms with E-state index < -0.39 is 70.3 Å². The highest BCUT2D eigenvalue weighted by molar-refractivity contribution is 6.01. The number of alkyl halides is 1. The maximum atomic E-state index is 17.5. The molecule has 0 aromatic rings. The van der Waals surface area contributed by atoms with Crippen LogP contribution in [0.4, 0.5) is 4.39 Å². The molecule has 8 aliphatic rings. The van der Waals surface area contributed by atoms with E-state index in [1.54, 1.807) is 26.8 Å². The summed E-state index contributed by atoms with van der Waals surface area (Å²) in [4.78, 5) is 52.3. The molecule has 16 atom stereocenters. The Morgan fingerprint density at radius 3 is 2.39 bits per heavy atom. The minimum absolute atomic E-state index is 0.136. The molecule has 0 aliphatic heterocycles. The zero-order valence-electron chi connectivity index (χ0n) is 39.1. The smallest absolute Gasteiger partial charge is 0.306 e. The van der Waals surface area contributed by atoms with Crippen molar-refractivity contribution in [2.24, 2.45) is 74.9 Å². The summed E-state index contributed by atoms with van der Waals surface area (Å²) in [6.07, 6.45) is 19.0. The Bertz CT molecular complexity index is 1900. The molecule has 0 aromatic carbocycles. The van der Waals surface area contributed by atoms with Crippen molar-refractivity contribution in [2.75, 3.05) is 6.61 Å². The molecule has 0 amide bonds. The lowest BCUT2D eigenvalue weighted by molar-refractivity contribution is -0.220. The number of ether oxygens (including phenoxy) is 2. The molecule has 0 aromatic heterocycles. The molecule has 8 nitrogen and oxygen atoms in total. The topological polar surface area (TPSA) is 127 Å². The lowest BCUT2D eigenvalue weighted by atomic mass is 9.44. The van der Waals surface area contributed by atoms with Gasteiger partial charge in [-0.3, -0.25) is 19.2 Å². The summed E-state index contributed by atoms with van der Waals surface area (Å²) in [6, 6.07) is 0. The normalized spacial score (nSPS) is 45.9. The van der Waals surface area contributed by atoms with Gasteiger partial charge in [-0.1, -0.05) is 91.0 Å². The van der Waals surface area contributed by atoms with Crippen LogP contribution >= 0.6 is 0 Å². The number of fused-ring (bicyclic) bond motifs is 10. The second-order valence-corrected chi connectivity index (χ2v) is 23.4. The number of carbonyl (C=O) groups is 4. The molecule has 0 unspecified atom stereocenters. The van der Waals surface area contributed by atoms with Gasteiger partial charge >= 0.3 is 11.9 Å². The van der Waals surface area contributed by atoms with Crippen molar-refractivity contribution >= 4 is 23.5 Å². The van der Waals surface area contributed by atoms with E-state index in [2.05, 4.69) is 40.7 Å². The summed E-state index contributed by atoms with van der Waals surface area (Å²) < 4.78 is 28.9. The van der Waals surface area contributed by atoms with Gasteiger partial charge in [0.25, 0.3) is 0 Å².